The normalized spacial score (nSPS) is 13.2. The highest BCUT2D eigenvalue weighted by molar-refractivity contribution is 6.68. The van der Waals surface area contributed by atoms with Crippen LogP contribution in [0.15, 0.2) is 114 Å². The fraction of sp³-hybridized carbons (Fsp3) is 0.0444. The lowest BCUT2D eigenvalue weighted by Crippen LogP contribution is -2.47. The van der Waals surface area contributed by atoms with E-state index in [-0.39, 0.29) is 61.1 Å². The molecule has 0 unspecified atom stereocenters. The van der Waals surface area contributed by atoms with Gasteiger partial charge in [-0.2, -0.15) is 9.97 Å². The maximum Gasteiger partial charge on any atom is 0.238 e. The molecule has 0 bridgehead atoms. The van der Waals surface area contributed by atoms with E-state index in [0.717, 1.165) is 67.7 Å². The average molecular weight is 731 g/mol. The van der Waals surface area contributed by atoms with Gasteiger partial charge in [0.25, 0.3) is 0 Å². The van der Waals surface area contributed by atoms with Gasteiger partial charge in [0.1, 0.15) is 69.6 Å². The Morgan fingerprint density at radius 1 is 0.534 bits per heavy atom. The van der Waals surface area contributed by atoms with E-state index >= 15 is 0 Å². The first-order chi connectivity index (χ1) is 28.2. The van der Waals surface area contributed by atoms with Crippen LogP contribution in [-0.4, -0.2) is 76.3 Å². The summed E-state index contributed by atoms with van der Waals surface area (Å²) in [6, 6.07) is 31.2. The standard InChI is InChI=1S/C45H23B6N5O2/c46-32-30-29-33(47)36(50)40(57)31(41(29)58-42(30)37(51)35(49)34(32)48)44-52-43(21-11-3-1-4-12-21)53-45(54-44)56-28-18-10-8-16-24(28)26-20-19-25-23-15-7-9-17-27(23)55(38(25)39(26)56)22-13-5-2-6-14-22/h2-3,5-20,57H,1,4H2. The van der Waals surface area contributed by atoms with Crippen LogP contribution in [0.25, 0.3) is 94.1 Å². The topological polar surface area (TPSA) is 81.9 Å². The zero-order valence-corrected chi connectivity index (χ0v) is 30.9. The van der Waals surface area contributed by atoms with Gasteiger partial charge in [-0.15, -0.1) is 10.9 Å². The zero-order valence-electron chi connectivity index (χ0n) is 30.9. The number of aromatic nitrogens is 5. The van der Waals surface area contributed by atoms with Crippen LogP contribution in [-0.2, 0) is 0 Å². The van der Waals surface area contributed by atoms with Gasteiger partial charge in [0.15, 0.2) is 11.6 Å². The van der Waals surface area contributed by atoms with Gasteiger partial charge < -0.3 is 14.1 Å². The maximum atomic E-state index is 11.9. The van der Waals surface area contributed by atoms with Crippen molar-refractivity contribution in [2.24, 2.45) is 0 Å². The van der Waals surface area contributed by atoms with Gasteiger partial charge in [-0.3, -0.25) is 4.57 Å². The second-order valence-electron chi connectivity index (χ2n) is 14.5. The Morgan fingerprint density at radius 2 is 1.12 bits per heavy atom. The lowest BCUT2D eigenvalue weighted by molar-refractivity contribution is 0.481. The number of allylic oxidation sites excluding steroid dienone is 4. The van der Waals surface area contributed by atoms with Crippen molar-refractivity contribution in [2.75, 3.05) is 0 Å². The molecule has 0 fully saturated rings. The molecule has 0 saturated heterocycles. The monoisotopic (exact) mass is 731 g/mol. The van der Waals surface area contributed by atoms with E-state index in [1.54, 1.807) is 0 Å². The Kier molecular flexibility index (Phi) is 7.58. The third-order valence-electron chi connectivity index (χ3n) is 11.4. The van der Waals surface area contributed by atoms with E-state index in [0.29, 0.717) is 22.5 Å². The first-order valence-electron chi connectivity index (χ1n) is 18.8. The Hall–Kier alpha value is -6.60. The van der Waals surface area contributed by atoms with Crippen LogP contribution < -0.4 is 32.8 Å². The summed E-state index contributed by atoms with van der Waals surface area (Å²) in [5, 5.41) is 16.7. The van der Waals surface area contributed by atoms with Crippen LogP contribution in [0, 0.1) is 0 Å². The molecular formula is C45H23B6N5O2. The molecule has 12 radical (unpaired) electrons. The van der Waals surface area contributed by atoms with E-state index in [1.165, 1.54) is 0 Å². The highest BCUT2D eigenvalue weighted by Gasteiger charge is 2.28. The van der Waals surface area contributed by atoms with E-state index in [4.69, 9.17) is 66.4 Å². The fourth-order valence-electron chi connectivity index (χ4n) is 8.61. The van der Waals surface area contributed by atoms with Gasteiger partial charge in [-0.05, 0) is 37.1 Å². The van der Waals surface area contributed by atoms with Crippen LogP contribution in [0.1, 0.15) is 18.7 Å². The summed E-state index contributed by atoms with van der Waals surface area (Å²) in [6.45, 7) is 0. The summed E-state index contributed by atoms with van der Waals surface area (Å²) in [6.07, 6.45) is 7.83. The molecule has 4 aromatic heterocycles. The molecule has 11 rings (SSSR count). The quantitative estimate of drug-likeness (QED) is 0.279. The number of nitrogens with zero attached hydrogens (tertiary/aromatic N) is 5. The molecule has 0 atom stereocenters. The van der Waals surface area contributed by atoms with Crippen LogP contribution >= 0.6 is 0 Å². The summed E-state index contributed by atoms with van der Waals surface area (Å²) in [7, 11) is 38.8. The maximum absolute atomic E-state index is 11.9. The summed E-state index contributed by atoms with van der Waals surface area (Å²) < 4.78 is 10.8. The largest absolute Gasteiger partial charge is 0.508 e. The van der Waals surface area contributed by atoms with Crippen molar-refractivity contribution >= 4 is 151 Å². The van der Waals surface area contributed by atoms with Gasteiger partial charge in [-0.25, -0.2) is 4.98 Å². The third-order valence-corrected chi connectivity index (χ3v) is 11.4. The van der Waals surface area contributed by atoms with Crippen molar-refractivity contribution in [2.45, 2.75) is 12.8 Å². The van der Waals surface area contributed by atoms with Crippen LogP contribution in [0.3, 0.4) is 0 Å². The van der Waals surface area contributed by atoms with Crippen molar-refractivity contribution in [1.82, 2.24) is 24.1 Å². The second-order valence-corrected chi connectivity index (χ2v) is 14.5. The number of para-hydroxylation sites is 3. The van der Waals surface area contributed by atoms with Crippen molar-refractivity contribution in [1.29, 1.82) is 0 Å². The summed E-state index contributed by atoms with van der Waals surface area (Å²) in [4.78, 5) is 15.4. The molecule has 6 aromatic carbocycles. The number of rotatable bonds is 4. The molecule has 258 valence electrons. The highest BCUT2D eigenvalue weighted by atomic mass is 16.3. The van der Waals surface area contributed by atoms with Crippen LogP contribution in [0.2, 0.25) is 0 Å². The van der Waals surface area contributed by atoms with Gasteiger partial charge >= 0.3 is 0 Å². The third kappa shape index (κ3) is 4.73. The van der Waals surface area contributed by atoms with E-state index in [1.807, 2.05) is 36.4 Å². The van der Waals surface area contributed by atoms with Crippen molar-refractivity contribution in [3.05, 3.63) is 115 Å². The minimum absolute atomic E-state index is 0.0243. The van der Waals surface area contributed by atoms with E-state index in [9.17, 15) is 5.11 Å². The predicted octanol–water partition coefficient (Wildman–Crippen LogP) is 3.83. The first-order valence-corrected chi connectivity index (χ1v) is 18.8. The number of fused-ring (bicyclic) bond motifs is 10. The number of furan rings is 1. The molecule has 0 saturated carbocycles. The number of phenols is 1. The lowest BCUT2D eigenvalue weighted by Gasteiger charge is -2.16. The Morgan fingerprint density at radius 3 is 1.81 bits per heavy atom. The minimum atomic E-state index is -0.382. The number of hydrogen-bond acceptors (Lipinski definition) is 5. The molecule has 58 heavy (non-hydrogen) atoms. The SMILES string of the molecule is [B]c1c([B])c([B])c2c(oc3c(-c4nc(C5=CCCC=C5)nc(-n5c6ccccc6c6ccc7c8ccccc8n(-c8ccccc8)c7c65)n4)c(O)c([B])c([B])c32)c1[B]. The smallest absolute Gasteiger partial charge is 0.238 e. The Bertz CT molecular complexity index is 3490. The van der Waals surface area contributed by atoms with E-state index in [2.05, 4.69) is 81.9 Å². The van der Waals surface area contributed by atoms with E-state index < -0.39 is 0 Å². The number of phenolic OH excluding ortho intramolecular Hbond substituents is 1. The molecule has 7 nitrogen and oxygen atoms in total. The van der Waals surface area contributed by atoms with Gasteiger partial charge in [0, 0.05) is 43.6 Å². The molecular weight excluding hydrogens is 707 g/mol. The summed E-state index contributed by atoms with van der Waals surface area (Å²) in [5.41, 5.74) is 6.11. The zero-order chi connectivity index (χ0) is 39.6. The summed E-state index contributed by atoms with van der Waals surface area (Å²) in [5.74, 6) is 0.374. The van der Waals surface area contributed by atoms with Crippen molar-refractivity contribution in [3.8, 4) is 28.8 Å². The molecule has 1 aliphatic rings. The first kappa shape index (κ1) is 34.6. The van der Waals surface area contributed by atoms with Gasteiger partial charge in [0.2, 0.25) is 5.95 Å². The molecule has 13 heteroatoms. The van der Waals surface area contributed by atoms with Gasteiger partial charge in [0.05, 0.1) is 22.1 Å². The minimum Gasteiger partial charge on any atom is -0.508 e. The molecule has 1 N–H and O–H groups in total. The fourth-order valence-corrected chi connectivity index (χ4v) is 8.61. The Labute approximate surface area is 339 Å². The molecule has 0 aliphatic heterocycles. The molecule has 0 amide bonds. The molecule has 1 aliphatic carbocycles. The average Bonchev–Trinajstić information content (AvgIpc) is 3.93. The molecule has 10 aromatic rings. The lowest BCUT2D eigenvalue weighted by atomic mass is 9.65. The number of hydrogen-bond donors (Lipinski definition) is 1. The second kappa shape index (κ2) is 12.7. The summed E-state index contributed by atoms with van der Waals surface area (Å²) >= 11 is 0. The predicted molar refractivity (Wildman–Crippen MR) is 242 cm³/mol. The number of aromatic hydroxyl groups is 1. The van der Waals surface area contributed by atoms with Crippen molar-refractivity contribution in [3.63, 3.8) is 0 Å². The van der Waals surface area contributed by atoms with Crippen molar-refractivity contribution < 1.29 is 9.52 Å². The highest BCUT2D eigenvalue weighted by Crippen LogP contribution is 2.42. The Balaban J connectivity index is 1.32. The molecule has 4 heterocycles. The van der Waals surface area contributed by atoms with Crippen LogP contribution in [0.5, 0.6) is 5.75 Å². The molecule has 0 spiro atoms. The number of benzene rings is 6. The van der Waals surface area contributed by atoms with Gasteiger partial charge in [-0.1, -0.05) is 107 Å². The van der Waals surface area contributed by atoms with Crippen LogP contribution in [0.4, 0.5) is 0 Å².